The van der Waals surface area contributed by atoms with Crippen LogP contribution in [0.15, 0.2) is 30.3 Å². The van der Waals surface area contributed by atoms with Gasteiger partial charge >= 0.3 is 11.9 Å². The smallest absolute Gasteiger partial charge is 0.338 e. The van der Waals surface area contributed by atoms with Crippen molar-refractivity contribution in [1.82, 2.24) is 0 Å². The number of rotatable bonds is 3. The van der Waals surface area contributed by atoms with E-state index in [4.69, 9.17) is 4.74 Å². The lowest BCUT2D eigenvalue weighted by Gasteiger charge is -2.66. The molecule has 1 aromatic rings. The SMILES string of the molecule is C[C@@]1(C(=O)O)CCC[C@@]2(C)[C@H]1[C@H](OC(=O)c1ccccc1)CC1CC3CC12CC[C@@]3(C)O. The van der Waals surface area contributed by atoms with Crippen LogP contribution in [0, 0.1) is 34.0 Å². The maximum Gasteiger partial charge on any atom is 0.338 e. The van der Waals surface area contributed by atoms with Crippen molar-refractivity contribution in [2.45, 2.75) is 83.8 Å². The molecule has 0 aromatic heterocycles. The highest BCUT2D eigenvalue weighted by Gasteiger charge is 2.72. The lowest BCUT2D eigenvalue weighted by atomic mass is 9.38. The number of aliphatic carboxylic acids is 1. The lowest BCUT2D eigenvalue weighted by Crippen LogP contribution is -2.65. The fourth-order valence-electron chi connectivity index (χ4n) is 8.79. The highest BCUT2D eigenvalue weighted by atomic mass is 16.5. The summed E-state index contributed by atoms with van der Waals surface area (Å²) in [4.78, 5) is 25.7. The van der Waals surface area contributed by atoms with Crippen molar-refractivity contribution in [3.8, 4) is 0 Å². The molecule has 0 radical (unpaired) electrons. The third-order valence-electron chi connectivity index (χ3n) is 10.5. The molecule has 5 rings (SSSR count). The number of carbonyl (C=O) groups excluding carboxylic acids is 1. The van der Waals surface area contributed by atoms with Crippen molar-refractivity contribution in [2.24, 2.45) is 34.0 Å². The summed E-state index contributed by atoms with van der Waals surface area (Å²) in [7, 11) is 0. The van der Waals surface area contributed by atoms with Crippen molar-refractivity contribution < 1.29 is 24.5 Å². The molecule has 2 N–H and O–H groups in total. The van der Waals surface area contributed by atoms with Crippen LogP contribution in [0.3, 0.4) is 0 Å². The largest absolute Gasteiger partial charge is 0.481 e. The van der Waals surface area contributed by atoms with Crippen LogP contribution < -0.4 is 0 Å². The number of ether oxygens (including phenoxy) is 1. The summed E-state index contributed by atoms with van der Waals surface area (Å²) in [5, 5.41) is 21.4. The Bertz CT molecular complexity index is 925. The van der Waals surface area contributed by atoms with Gasteiger partial charge in [0, 0.05) is 5.92 Å². The first-order valence-corrected chi connectivity index (χ1v) is 12.3. The van der Waals surface area contributed by atoms with Gasteiger partial charge in [0.25, 0.3) is 0 Å². The molecule has 174 valence electrons. The number of benzene rings is 1. The maximum atomic E-state index is 13.1. The van der Waals surface area contributed by atoms with Gasteiger partial charge in [-0.1, -0.05) is 31.5 Å². The Balaban J connectivity index is 1.57. The quantitative estimate of drug-likeness (QED) is 0.641. The molecule has 3 unspecified atom stereocenters. The predicted molar refractivity (Wildman–Crippen MR) is 120 cm³/mol. The number of carbonyl (C=O) groups is 2. The third kappa shape index (κ3) is 2.85. The Morgan fingerprint density at radius 3 is 2.38 bits per heavy atom. The Hall–Kier alpha value is -1.88. The Morgan fingerprint density at radius 2 is 1.69 bits per heavy atom. The summed E-state index contributed by atoms with van der Waals surface area (Å²) in [6, 6.07) is 9.01. The number of carboxylic acids is 1. The second-order valence-corrected chi connectivity index (χ2v) is 11.9. The average molecular weight is 441 g/mol. The number of esters is 1. The summed E-state index contributed by atoms with van der Waals surface area (Å²) in [5.74, 6) is -0.777. The standard InChI is InChI=1S/C27H36O5/c1-24(23(29)30)10-7-11-25(2)21(24)20(32-22(28)17-8-5-4-6-9-17)15-18-14-19-16-27(18,25)13-12-26(19,3)31/h4-6,8-9,18-21,31H,7,10-16H2,1-3H3,(H,29,30)/t18?,19?,20-,21+,24-,25+,26-,27?/m1/s1. The zero-order chi connectivity index (χ0) is 22.9. The minimum atomic E-state index is -0.924. The summed E-state index contributed by atoms with van der Waals surface area (Å²) in [6.07, 6.45) is 6.35. The van der Waals surface area contributed by atoms with Gasteiger partial charge in [0.05, 0.1) is 16.6 Å². The predicted octanol–water partition coefficient (Wildman–Crippen LogP) is 5.07. The summed E-state index contributed by atoms with van der Waals surface area (Å²) in [5.41, 5.74) is -1.27. The van der Waals surface area contributed by atoms with Gasteiger partial charge in [-0.2, -0.15) is 0 Å². The Labute approximate surface area is 190 Å². The van der Waals surface area contributed by atoms with Crippen LogP contribution in [-0.4, -0.2) is 33.9 Å². The van der Waals surface area contributed by atoms with Gasteiger partial charge in [-0.15, -0.1) is 0 Å². The van der Waals surface area contributed by atoms with Crippen LogP contribution in [-0.2, 0) is 9.53 Å². The van der Waals surface area contributed by atoms with E-state index in [0.29, 0.717) is 24.3 Å². The van der Waals surface area contributed by atoms with Crippen LogP contribution in [0.25, 0.3) is 0 Å². The Morgan fingerprint density at radius 1 is 0.969 bits per heavy atom. The van der Waals surface area contributed by atoms with Crippen LogP contribution >= 0.6 is 0 Å². The van der Waals surface area contributed by atoms with E-state index < -0.39 is 23.1 Å². The van der Waals surface area contributed by atoms with E-state index in [1.165, 1.54) is 0 Å². The third-order valence-corrected chi connectivity index (χ3v) is 10.5. The molecular weight excluding hydrogens is 404 g/mol. The normalized spacial score (nSPS) is 47.2. The van der Waals surface area contributed by atoms with Gasteiger partial charge < -0.3 is 14.9 Å². The van der Waals surface area contributed by atoms with Crippen molar-refractivity contribution in [3.63, 3.8) is 0 Å². The number of carboxylic acid groups (broad SMARTS) is 1. The molecule has 4 fully saturated rings. The van der Waals surface area contributed by atoms with Crippen LogP contribution in [0.5, 0.6) is 0 Å². The van der Waals surface area contributed by atoms with Gasteiger partial charge in [0.2, 0.25) is 0 Å². The molecule has 32 heavy (non-hydrogen) atoms. The molecule has 0 amide bonds. The number of hydrogen-bond donors (Lipinski definition) is 2. The van der Waals surface area contributed by atoms with E-state index in [-0.39, 0.29) is 28.6 Å². The second kappa shape index (κ2) is 7.06. The summed E-state index contributed by atoms with van der Waals surface area (Å²) < 4.78 is 6.20. The van der Waals surface area contributed by atoms with Crippen molar-refractivity contribution in [1.29, 1.82) is 0 Å². The minimum absolute atomic E-state index is 0.0252. The molecule has 5 heteroatoms. The van der Waals surface area contributed by atoms with Crippen LogP contribution in [0.4, 0.5) is 0 Å². The van der Waals surface area contributed by atoms with Crippen LogP contribution in [0.2, 0.25) is 0 Å². The van der Waals surface area contributed by atoms with E-state index >= 15 is 0 Å². The fourth-order valence-corrected chi connectivity index (χ4v) is 8.79. The summed E-state index contributed by atoms with van der Waals surface area (Å²) >= 11 is 0. The molecule has 1 aromatic carbocycles. The first-order chi connectivity index (χ1) is 15.0. The van der Waals surface area contributed by atoms with E-state index in [1.54, 1.807) is 12.1 Å². The van der Waals surface area contributed by atoms with Crippen molar-refractivity contribution in [2.75, 3.05) is 0 Å². The van der Waals surface area contributed by atoms with Gasteiger partial charge in [0.1, 0.15) is 6.10 Å². The first kappa shape index (κ1) is 21.9. The molecule has 4 aliphatic rings. The van der Waals surface area contributed by atoms with E-state index in [9.17, 15) is 19.8 Å². The van der Waals surface area contributed by atoms with Gasteiger partial charge in [-0.3, -0.25) is 4.79 Å². The zero-order valence-electron chi connectivity index (χ0n) is 19.5. The molecule has 4 aliphatic carbocycles. The van der Waals surface area contributed by atoms with E-state index in [1.807, 2.05) is 32.0 Å². The highest BCUT2D eigenvalue weighted by molar-refractivity contribution is 5.89. The van der Waals surface area contributed by atoms with Crippen molar-refractivity contribution >= 4 is 11.9 Å². The minimum Gasteiger partial charge on any atom is -0.481 e. The van der Waals surface area contributed by atoms with Crippen molar-refractivity contribution in [3.05, 3.63) is 35.9 Å². The monoisotopic (exact) mass is 440 g/mol. The summed E-state index contributed by atoms with van der Waals surface area (Å²) in [6.45, 7) is 6.13. The molecule has 5 nitrogen and oxygen atoms in total. The number of aliphatic hydroxyl groups is 1. The lowest BCUT2D eigenvalue weighted by molar-refractivity contribution is -0.221. The first-order valence-electron chi connectivity index (χ1n) is 12.3. The molecular formula is C27H36O5. The van der Waals surface area contributed by atoms with Gasteiger partial charge in [-0.05, 0) is 93.6 Å². The molecule has 0 aliphatic heterocycles. The molecule has 2 bridgehead atoms. The second-order valence-electron chi connectivity index (χ2n) is 11.9. The molecule has 0 heterocycles. The molecule has 1 spiro atoms. The molecule has 4 saturated carbocycles. The number of hydrogen-bond acceptors (Lipinski definition) is 4. The zero-order valence-corrected chi connectivity index (χ0v) is 19.5. The molecule has 0 saturated heterocycles. The number of fused-ring (bicyclic) bond motifs is 2. The molecule has 8 atom stereocenters. The maximum absolute atomic E-state index is 13.1. The average Bonchev–Trinajstić information content (AvgIpc) is 3.09. The fraction of sp³-hybridized carbons (Fsp3) is 0.704. The van der Waals surface area contributed by atoms with Gasteiger partial charge in [0.15, 0.2) is 0 Å². The van der Waals surface area contributed by atoms with Crippen LogP contribution in [0.1, 0.15) is 82.5 Å². The van der Waals surface area contributed by atoms with E-state index in [2.05, 4.69) is 6.92 Å². The Kier molecular flexibility index (Phi) is 4.84. The van der Waals surface area contributed by atoms with Gasteiger partial charge in [-0.25, -0.2) is 4.79 Å². The topological polar surface area (TPSA) is 83.8 Å². The van der Waals surface area contributed by atoms with E-state index in [0.717, 1.165) is 38.5 Å². The highest BCUT2D eigenvalue weighted by Crippen LogP contribution is 2.75.